The molecule has 0 atom stereocenters. The van der Waals surface area contributed by atoms with E-state index in [9.17, 15) is 0 Å². The molecule has 0 bridgehead atoms. The zero-order chi connectivity index (χ0) is 24.1. The molecule has 0 radical (unpaired) electrons. The van der Waals surface area contributed by atoms with E-state index in [2.05, 4.69) is 45.0 Å². The number of anilines is 2. The molecule has 0 fully saturated rings. The lowest BCUT2D eigenvalue weighted by Crippen LogP contribution is -2.23. The van der Waals surface area contributed by atoms with Gasteiger partial charge in [-0.3, -0.25) is 0 Å². The van der Waals surface area contributed by atoms with E-state index in [1.54, 1.807) is 24.8 Å². The maximum Gasteiger partial charge on any atom is 0.0938 e. The fourth-order valence-corrected chi connectivity index (χ4v) is 3.88. The van der Waals surface area contributed by atoms with Crippen molar-refractivity contribution in [2.45, 2.75) is 20.8 Å². The maximum absolute atomic E-state index is 7.70. The zero-order valence-electron chi connectivity index (χ0n) is 21.9. The Morgan fingerprint density at radius 1 is 0.704 bits per heavy atom. The predicted molar refractivity (Wildman–Crippen MR) is 115 cm³/mol. The van der Waals surface area contributed by atoms with Crippen molar-refractivity contribution in [1.29, 1.82) is 0 Å². The van der Waals surface area contributed by atoms with Gasteiger partial charge in [0.15, 0.2) is 0 Å². The first-order valence-corrected chi connectivity index (χ1v) is 9.00. The van der Waals surface area contributed by atoms with Crippen LogP contribution in [0.25, 0.3) is 11.1 Å². The van der Waals surface area contributed by atoms with Gasteiger partial charge in [0, 0.05) is 58.4 Å². The lowest BCUT2D eigenvalue weighted by molar-refractivity contribution is 0.494. The first-order valence-electron chi connectivity index (χ1n) is 12.0. The Labute approximate surface area is 171 Å². The lowest BCUT2D eigenvalue weighted by atomic mass is 9.93. The molecule has 0 aromatic heterocycles. The summed E-state index contributed by atoms with van der Waals surface area (Å²) in [5.74, 6) is 0. The maximum atomic E-state index is 7.70. The van der Waals surface area contributed by atoms with Crippen LogP contribution in [0.4, 0.5) is 11.4 Å². The van der Waals surface area contributed by atoms with Crippen molar-refractivity contribution in [3.05, 3.63) is 71.8 Å². The van der Waals surface area contributed by atoms with Gasteiger partial charge in [-0.25, -0.2) is 0 Å². The summed E-state index contributed by atoms with van der Waals surface area (Å²) >= 11 is 0. The highest BCUT2D eigenvalue weighted by atomic mass is 15.3. The highest BCUT2D eigenvalue weighted by Crippen LogP contribution is 2.36. The molecule has 0 spiro atoms. The number of benzene rings is 2. The molecule has 2 aromatic rings. The van der Waals surface area contributed by atoms with Crippen LogP contribution in [0.1, 0.15) is 24.9 Å². The zero-order valence-corrected chi connectivity index (χ0v) is 15.9. The predicted octanol–water partition coefficient (Wildman–Crippen LogP) is 4.64. The third-order valence-corrected chi connectivity index (χ3v) is 4.99. The van der Waals surface area contributed by atoms with E-state index >= 15 is 0 Å². The van der Waals surface area contributed by atoms with E-state index in [-0.39, 0.29) is 13.3 Å². The summed E-state index contributed by atoms with van der Waals surface area (Å²) in [4.78, 5) is 6.40. The smallest absolute Gasteiger partial charge is 0.0938 e. The molecule has 2 aromatic carbocycles. The van der Waals surface area contributed by atoms with Crippen molar-refractivity contribution in [3.8, 4) is 11.1 Å². The number of nitrogens with zero attached hydrogens (tertiary/aromatic N) is 4. The highest BCUT2D eigenvalue weighted by Gasteiger charge is 2.18. The Kier molecular flexibility index (Phi) is 2.91. The summed E-state index contributed by atoms with van der Waals surface area (Å²) in [5, 5.41) is 0. The van der Waals surface area contributed by atoms with Crippen molar-refractivity contribution < 1.29 is 8.22 Å². The first-order chi connectivity index (χ1) is 15.3. The second-order valence-corrected chi connectivity index (χ2v) is 7.27. The molecule has 0 saturated carbocycles. The highest BCUT2D eigenvalue weighted by molar-refractivity contribution is 5.79. The minimum Gasteiger partial charge on any atom is -0.361 e. The van der Waals surface area contributed by atoms with Crippen molar-refractivity contribution in [3.63, 3.8) is 0 Å². The number of hydrogen-bond donors (Lipinski definition) is 0. The van der Waals surface area contributed by atoms with Crippen LogP contribution in [0.2, 0.25) is 0 Å². The number of rotatable bonds is 3. The molecule has 0 unspecified atom stereocenters. The molecular formula is C23H28N4. The van der Waals surface area contributed by atoms with Gasteiger partial charge in [0.2, 0.25) is 0 Å². The molecule has 4 heteroatoms. The monoisotopic (exact) mass is 366 g/mol. The van der Waals surface area contributed by atoms with Gasteiger partial charge in [0.25, 0.3) is 0 Å². The number of hydrogen-bond acceptors (Lipinski definition) is 4. The Morgan fingerprint density at radius 2 is 1.22 bits per heavy atom. The topological polar surface area (TPSA) is 13.0 Å². The molecular weight excluding hydrogens is 332 g/mol. The van der Waals surface area contributed by atoms with Crippen LogP contribution in [0.5, 0.6) is 0 Å². The molecule has 0 saturated heterocycles. The van der Waals surface area contributed by atoms with Gasteiger partial charge in [-0.1, -0.05) is 17.7 Å². The van der Waals surface area contributed by atoms with Gasteiger partial charge in [0.05, 0.1) is 13.3 Å². The Hall–Kier alpha value is -2.88. The van der Waals surface area contributed by atoms with E-state index in [1.807, 2.05) is 15.9 Å². The van der Waals surface area contributed by atoms with Crippen LogP contribution in [0.3, 0.4) is 0 Å². The van der Waals surface area contributed by atoms with Crippen LogP contribution < -0.4 is 9.80 Å². The third-order valence-electron chi connectivity index (χ3n) is 4.99. The minimum absolute atomic E-state index is 0.211. The average molecular weight is 367 g/mol. The SMILES string of the molecule is [2H]C([2H])([2H])N1C=CN(c2cc(-c3c(C)cc(C)cc3C)cc(N3C=CN(C([2H])([2H])[2H])C3)c2)C1. The van der Waals surface area contributed by atoms with Crippen molar-refractivity contribution in [2.24, 2.45) is 0 Å². The summed E-state index contributed by atoms with van der Waals surface area (Å²) < 4.78 is 46.2. The fourth-order valence-electron chi connectivity index (χ4n) is 3.88. The van der Waals surface area contributed by atoms with E-state index in [1.165, 1.54) is 15.4 Å². The van der Waals surface area contributed by atoms with Crippen LogP contribution in [0, 0.1) is 20.8 Å². The summed E-state index contributed by atoms with van der Waals surface area (Å²) in [6.45, 7) is 2.23. The minimum atomic E-state index is -2.21. The standard InChI is InChI=1S/C23H28N4/c1-17-10-18(2)23(19(3)11-17)20-12-21(26-8-6-24(4)15-26)14-22(13-20)27-9-7-25(5)16-27/h6-14H,15-16H2,1-5H3/i4D3,5D3. The summed E-state index contributed by atoms with van der Waals surface area (Å²) in [5.41, 5.74) is 7.29. The quantitative estimate of drug-likeness (QED) is 0.784. The van der Waals surface area contributed by atoms with Gasteiger partial charge in [0.1, 0.15) is 0 Å². The molecule has 2 aliphatic heterocycles. The van der Waals surface area contributed by atoms with Gasteiger partial charge in [-0.2, -0.15) is 0 Å². The van der Waals surface area contributed by atoms with Crippen molar-refractivity contribution in [1.82, 2.24) is 9.80 Å². The Morgan fingerprint density at radius 3 is 1.67 bits per heavy atom. The van der Waals surface area contributed by atoms with Gasteiger partial charge in [-0.15, -0.1) is 0 Å². The molecule has 4 nitrogen and oxygen atoms in total. The second-order valence-electron chi connectivity index (χ2n) is 7.27. The van der Waals surface area contributed by atoms with Gasteiger partial charge in [-0.05, 0) is 61.2 Å². The molecule has 2 heterocycles. The first kappa shape index (κ1) is 11.8. The van der Waals surface area contributed by atoms with Crippen LogP contribution in [-0.2, 0) is 0 Å². The summed E-state index contributed by atoms with van der Waals surface area (Å²) in [7, 11) is 0. The normalized spacial score (nSPS) is 20.4. The third kappa shape index (κ3) is 3.39. The molecule has 4 rings (SSSR count). The molecule has 140 valence electrons. The van der Waals surface area contributed by atoms with Crippen LogP contribution >= 0.6 is 0 Å². The van der Waals surface area contributed by atoms with Gasteiger partial charge >= 0.3 is 0 Å². The van der Waals surface area contributed by atoms with Crippen molar-refractivity contribution >= 4 is 11.4 Å². The molecule has 2 aliphatic rings. The summed E-state index contributed by atoms with van der Waals surface area (Å²) in [6.07, 6.45) is 6.68. The molecule has 27 heavy (non-hydrogen) atoms. The molecule has 0 N–H and O–H groups in total. The second kappa shape index (κ2) is 6.69. The van der Waals surface area contributed by atoms with Crippen molar-refractivity contribution in [2.75, 3.05) is 37.1 Å². The molecule has 0 aliphatic carbocycles. The molecule has 0 amide bonds. The Bertz CT molecular complexity index is 1040. The number of aryl methyl sites for hydroxylation is 3. The largest absolute Gasteiger partial charge is 0.361 e. The van der Waals surface area contributed by atoms with Gasteiger partial charge < -0.3 is 19.6 Å². The van der Waals surface area contributed by atoms with Crippen LogP contribution in [-0.4, -0.2) is 37.1 Å². The lowest BCUT2D eigenvalue weighted by Gasteiger charge is -2.25. The van der Waals surface area contributed by atoms with E-state index in [4.69, 9.17) is 8.22 Å². The van der Waals surface area contributed by atoms with Crippen LogP contribution in [0.15, 0.2) is 55.1 Å². The average Bonchev–Trinajstić information content (AvgIpc) is 3.36. The van der Waals surface area contributed by atoms with E-state index < -0.39 is 14.0 Å². The fraction of sp³-hybridized carbons (Fsp3) is 0.304. The van der Waals surface area contributed by atoms with E-state index in [0.717, 1.165) is 33.6 Å². The Balaban J connectivity index is 1.77. The van der Waals surface area contributed by atoms with E-state index in [0.29, 0.717) is 0 Å². The summed E-state index contributed by atoms with van der Waals surface area (Å²) in [6, 6.07) is 10.4.